The third-order valence-corrected chi connectivity index (χ3v) is 3.32. The minimum absolute atomic E-state index is 0.00745. The fraction of sp³-hybridized carbons (Fsp3) is 0.500. The van der Waals surface area contributed by atoms with E-state index in [0.717, 1.165) is 31.4 Å². The van der Waals surface area contributed by atoms with Gasteiger partial charge in [0, 0.05) is 18.7 Å². The van der Waals surface area contributed by atoms with Crippen molar-refractivity contribution in [2.45, 2.75) is 25.4 Å². The van der Waals surface area contributed by atoms with Crippen molar-refractivity contribution >= 4 is 5.91 Å². The zero-order chi connectivity index (χ0) is 13.0. The minimum Gasteiger partial charge on any atom is -0.391 e. The van der Waals surface area contributed by atoms with Gasteiger partial charge in [-0.05, 0) is 43.5 Å². The average Bonchev–Trinajstić information content (AvgIpc) is 2.39. The molecule has 1 aromatic rings. The topological polar surface area (TPSA) is 66.6 Å². The lowest BCUT2D eigenvalue weighted by molar-refractivity contribution is 0.0474. The third kappa shape index (κ3) is 3.09. The summed E-state index contributed by atoms with van der Waals surface area (Å²) in [5.74, 6) is 0.00745. The minimum atomic E-state index is -0.376. The number of amides is 1. The van der Waals surface area contributed by atoms with Gasteiger partial charge in [0.15, 0.2) is 0 Å². The molecule has 0 radical (unpaired) electrons. The first-order chi connectivity index (χ1) is 8.70. The Labute approximate surface area is 107 Å². The highest BCUT2D eigenvalue weighted by Crippen LogP contribution is 2.14. The van der Waals surface area contributed by atoms with Gasteiger partial charge >= 0.3 is 0 Å². The van der Waals surface area contributed by atoms with Gasteiger partial charge in [-0.15, -0.1) is 0 Å². The van der Waals surface area contributed by atoms with Gasteiger partial charge < -0.3 is 15.7 Å². The first-order valence-corrected chi connectivity index (χ1v) is 6.47. The number of benzene rings is 1. The predicted octanol–water partition coefficient (Wildman–Crippen LogP) is 0.785. The van der Waals surface area contributed by atoms with Crippen LogP contribution in [0.4, 0.5) is 0 Å². The van der Waals surface area contributed by atoms with Gasteiger partial charge in [-0.1, -0.05) is 12.1 Å². The fourth-order valence-electron chi connectivity index (χ4n) is 2.30. The lowest BCUT2D eigenvalue weighted by Crippen LogP contribution is -2.42. The zero-order valence-electron chi connectivity index (χ0n) is 10.5. The Bertz CT molecular complexity index is 403. The van der Waals surface area contributed by atoms with E-state index in [2.05, 4.69) is 0 Å². The van der Waals surface area contributed by atoms with E-state index < -0.39 is 0 Å². The number of piperidine rings is 1. The summed E-state index contributed by atoms with van der Waals surface area (Å²) in [5, 5.41) is 9.58. The molecule has 1 heterocycles. The number of likely N-dealkylation sites (tertiary alicyclic amines) is 1. The lowest BCUT2D eigenvalue weighted by Gasteiger charge is -2.30. The molecule has 0 aromatic heterocycles. The van der Waals surface area contributed by atoms with E-state index in [1.54, 1.807) is 4.90 Å². The molecule has 1 fully saturated rings. The molecule has 4 heteroatoms. The van der Waals surface area contributed by atoms with E-state index in [1.165, 1.54) is 0 Å². The van der Waals surface area contributed by atoms with Crippen molar-refractivity contribution in [3.63, 3.8) is 0 Å². The first kappa shape index (κ1) is 13.1. The highest BCUT2D eigenvalue weighted by atomic mass is 16.3. The van der Waals surface area contributed by atoms with E-state index in [-0.39, 0.29) is 12.0 Å². The maximum Gasteiger partial charge on any atom is 0.253 e. The molecular weight excluding hydrogens is 228 g/mol. The van der Waals surface area contributed by atoms with E-state index in [0.29, 0.717) is 18.7 Å². The van der Waals surface area contributed by atoms with E-state index in [1.807, 2.05) is 24.3 Å². The molecule has 4 nitrogen and oxygen atoms in total. The van der Waals surface area contributed by atoms with Gasteiger partial charge in [0.1, 0.15) is 0 Å². The van der Waals surface area contributed by atoms with Crippen molar-refractivity contribution in [2.75, 3.05) is 19.6 Å². The highest BCUT2D eigenvalue weighted by Gasteiger charge is 2.22. The van der Waals surface area contributed by atoms with Crippen LogP contribution in [0.15, 0.2) is 24.3 Å². The number of carbonyl (C=O) groups excluding carboxylic acids is 1. The molecule has 98 valence electrons. The predicted molar refractivity (Wildman–Crippen MR) is 70.3 cm³/mol. The van der Waals surface area contributed by atoms with Crippen LogP contribution in [0.5, 0.6) is 0 Å². The molecule has 0 bridgehead atoms. The van der Waals surface area contributed by atoms with E-state index in [4.69, 9.17) is 5.73 Å². The van der Waals surface area contributed by atoms with Crippen LogP contribution in [0.1, 0.15) is 28.8 Å². The number of rotatable bonds is 3. The van der Waals surface area contributed by atoms with Crippen LogP contribution in [0.25, 0.3) is 0 Å². The SMILES string of the molecule is NCCc1ccc(C(=O)N2CCCC(O)C2)cc1. The largest absolute Gasteiger partial charge is 0.391 e. The summed E-state index contributed by atoms with van der Waals surface area (Å²) in [7, 11) is 0. The summed E-state index contributed by atoms with van der Waals surface area (Å²) < 4.78 is 0. The van der Waals surface area contributed by atoms with E-state index in [9.17, 15) is 9.90 Å². The summed E-state index contributed by atoms with van der Waals surface area (Å²) in [4.78, 5) is 13.9. The number of hydrogen-bond donors (Lipinski definition) is 2. The molecule has 0 saturated carbocycles. The first-order valence-electron chi connectivity index (χ1n) is 6.47. The van der Waals surface area contributed by atoms with Crippen LogP contribution in [0.2, 0.25) is 0 Å². The third-order valence-electron chi connectivity index (χ3n) is 3.32. The van der Waals surface area contributed by atoms with Crippen LogP contribution in [-0.2, 0) is 6.42 Å². The van der Waals surface area contributed by atoms with Crippen LogP contribution in [-0.4, -0.2) is 41.7 Å². The molecule has 3 N–H and O–H groups in total. The summed E-state index contributed by atoms with van der Waals surface area (Å²) in [5.41, 5.74) is 7.32. The number of carbonyl (C=O) groups is 1. The van der Waals surface area contributed by atoms with Crippen molar-refractivity contribution in [1.82, 2.24) is 4.90 Å². The van der Waals surface area contributed by atoms with Gasteiger partial charge in [-0.25, -0.2) is 0 Å². The Morgan fingerprint density at radius 2 is 2.11 bits per heavy atom. The zero-order valence-corrected chi connectivity index (χ0v) is 10.5. The highest BCUT2D eigenvalue weighted by molar-refractivity contribution is 5.94. The molecule has 0 aliphatic carbocycles. The van der Waals surface area contributed by atoms with Crippen molar-refractivity contribution in [3.05, 3.63) is 35.4 Å². The molecule has 1 aliphatic rings. The second-order valence-corrected chi connectivity index (χ2v) is 4.78. The molecule has 1 aliphatic heterocycles. The molecule has 2 rings (SSSR count). The van der Waals surface area contributed by atoms with Crippen molar-refractivity contribution in [2.24, 2.45) is 5.73 Å². The van der Waals surface area contributed by atoms with Crippen molar-refractivity contribution in [1.29, 1.82) is 0 Å². The molecule has 1 unspecified atom stereocenters. The molecule has 1 saturated heterocycles. The number of aliphatic hydroxyl groups excluding tert-OH is 1. The average molecular weight is 248 g/mol. The van der Waals surface area contributed by atoms with Gasteiger partial charge in [-0.3, -0.25) is 4.79 Å². The molecular formula is C14H20N2O2. The summed E-state index contributed by atoms with van der Waals surface area (Å²) >= 11 is 0. The molecule has 0 spiro atoms. The lowest BCUT2D eigenvalue weighted by atomic mass is 10.1. The van der Waals surface area contributed by atoms with Crippen molar-refractivity contribution < 1.29 is 9.90 Å². The van der Waals surface area contributed by atoms with E-state index >= 15 is 0 Å². The number of hydrogen-bond acceptors (Lipinski definition) is 3. The standard InChI is InChI=1S/C14H20N2O2/c15-8-7-11-3-5-12(6-4-11)14(18)16-9-1-2-13(17)10-16/h3-6,13,17H,1-2,7-10,15H2. The molecule has 1 atom stereocenters. The molecule has 1 aromatic carbocycles. The second kappa shape index (κ2) is 5.98. The molecule has 1 amide bonds. The quantitative estimate of drug-likeness (QED) is 0.831. The Kier molecular flexibility index (Phi) is 4.33. The fourth-order valence-corrected chi connectivity index (χ4v) is 2.30. The van der Waals surface area contributed by atoms with Gasteiger partial charge in [0.25, 0.3) is 5.91 Å². The molecule has 18 heavy (non-hydrogen) atoms. The van der Waals surface area contributed by atoms with Crippen LogP contribution >= 0.6 is 0 Å². The normalized spacial score (nSPS) is 19.9. The van der Waals surface area contributed by atoms with Crippen LogP contribution in [0, 0.1) is 0 Å². The monoisotopic (exact) mass is 248 g/mol. The Morgan fingerprint density at radius 1 is 1.39 bits per heavy atom. The number of β-amino-alcohol motifs (C(OH)–C–C–N with tert-alkyl or cyclic N) is 1. The van der Waals surface area contributed by atoms with Crippen LogP contribution < -0.4 is 5.73 Å². The Balaban J connectivity index is 2.03. The maximum atomic E-state index is 12.2. The number of nitrogens with two attached hydrogens (primary N) is 1. The second-order valence-electron chi connectivity index (χ2n) is 4.78. The summed E-state index contributed by atoms with van der Waals surface area (Å²) in [6, 6.07) is 7.57. The number of nitrogens with zero attached hydrogens (tertiary/aromatic N) is 1. The number of aliphatic hydroxyl groups is 1. The summed E-state index contributed by atoms with van der Waals surface area (Å²) in [6.07, 6.45) is 2.12. The smallest absolute Gasteiger partial charge is 0.253 e. The van der Waals surface area contributed by atoms with Crippen molar-refractivity contribution in [3.8, 4) is 0 Å². The van der Waals surface area contributed by atoms with Gasteiger partial charge in [0.2, 0.25) is 0 Å². The Hall–Kier alpha value is -1.39. The van der Waals surface area contributed by atoms with Gasteiger partial charge in [-0.2, -0.15) is 0 Å². The summed E-state index contributed by atoms with van der Waals surface area (Å²) in [6.45, 7) is 1.80. The maximum absolute atomic E-state index is 12.2. The van der Waals surface area contributed by atoms with Crippen LogP contribution in [0.3, 0.4) is 0 Å². The Morgan fingerprint density at radius 3 is 2.72 bits per heavy atom. The van der Waals surface area contributed by atoms with Gasteiger partial charge in [0.05, 0.1) is 6.10 Å².